The molecule has 0 bridgehead atoms. The van der Waals surface area contributed by atoms with Crippen LogP contribution in [0.2, 0.25) is 0 Å². The summed E-state index contributed by atoms with van der Waals surface area (Å²) in [7, 11) is 1.60. The van der Waals surface area contributed by atoms with E-state index in [-0.39, 0.29) is 5.69 Å². The van der Waals surface area contributed by atoms with Crippen LogP contribution in [0.1, 0.15) is 20.8 Å². The fourth-order valence-electron chi connectivity index (χ4n) is 2.97. The number of aromatic nitrogens is 3. The van der Waals surface area contributed by atoms with Gasteiger partial charge in [-0.15, -0.1) is 0 Å². The molecule has 2 heterocycles. The summed E-state index contributed by atoms with van der Waals surface area (Å²) in [5.41, 5.74) is 7.63. The van der Waals surface area contributed by atoms with Gasteiger partial charge in [-0.05, 0) is 54.6 Å². The molecule has 0 aliphatic carbocycles. The van der Waals surface area contributed by atoms with Gasteiger partial charge in [0.15, 0.2) is 5.69 Å². The second-order valence-electron chi connectivity index (χ2n) is 6.54. The molecule has 0 spiro atoms. The molecule has 8 heteroatoms. The molecule has 2 aromatic heterocycles. The highest BCUT2D eigenvalue weighted by Crippen LogP contribution is 2.26. The first-order chi connectivity index (χ1) is 15.2. The maximum Gasteiger partial charge on any atom is 0.290 e. The second-order valence-corrected chi connectivity index (χ2v) is 6.54. The Kier molecular flexibility index (Phi) is 5.70. The number of nitrogens with one attached hydrogen (secondary N) is 2. The fraction of sp³-hybridized carbons (Fsp3) is 0.0435. The van der Waals surface area contributed by atoms with E-state index in [9.17, 15) is 9.59 Å². The van der Waals surface area contributed by atoms with Crippen molar-refractivity contribution in [3.63, 3.8) is 0 Å². The number of methoxy groups -OCH3 is 1. The summed E-state index contributed by atoms with van der Waals surface area (Å²) in [6, 6.07) is 21.8. The van der Waals surface area contributed by atoms with Gasteiger partial charge in [-0.1, -0.05) is 18.2 Å². The van der Waals surface area contributed by atoms with E-state index >= 15 is 0 Å². The zero-order chi connectivity index (χ0) is 21.6. The average molecular weight is 413 g/mol. The lowest BCUT2D eigenvalue weighted by Gasteiger charge is -2.08. The smallest absolute Gasteiger partial charge is 0.290 e. The molecule has 0 aliphatic heterocycles. The molecule has 4 aromatic rings. The van der Waals surface area contributed by atoms with Crippen LogP contribution in [-0.2, 0) is 0 Å². The zero-order valence-corrected chi connectivity index (χ0v) is 16.6. The predicted molar refractivity (Wildman–Crippen MR) is 115 cm³/mol. The van der Waals surface area contributed by atoms with Gasteiger partial charge >= 0.3 is 0 Å². The third-order valence-electron chi connectivity index (χ3n) is 4.54. The minimum Gasteiger partial charge on any atom is -0.497 e. The Morgan fingerprint density at radius 3 is 2.32 bits per heavy atom. The molecule has 8 nitrogen and oxygen atoms in total. The summed E-state index contributed by atoms with van der Waals surface area (Å²) in [6.45, 7) is 0. The van der Waals surface area contributed by atoms with Crippen LogP contribution in [0.3, 0.4) is 0 Å². The normalized spacial score (nSPS) is 10.4. The highest BCUT2D eigenvalue weighted by Gasteiger charge is 2.17. The lowest BCUT2D eigenvalue weighted by atomic mass is 10.1. The van der Waals surface area contributed by atoms with E-state index in [4.69, 9.17) is 4.74 Å². The van der Waals surface area contributed by atoms with Crippen molar-refractivity contribution in [2.75, 3.05) is 7.11 Å². The van der Waals surface area contributed by atoms with Crippen molar-refractivity contribution in [1.29, 1.82) is 0 Å². The first-order valence-corrected chi connectivity index (χ1v) is 9.46. The SMILES string of the molecule is COc1ccc(-c2cc(C(=O)NNC(=O)c3cccnc3)nn2-c2ccccc2)cc1. The monoisotopic (exact) mass is 413 g/mol. The average Bonchev–Trinajstić information content (AvgIpc) is 3.29. The standard InChI is InChI=1S/C23H19N5O3/c1-31-19-11-9-16(10-12-19)21-14-20(27-28(21)18-7-3-2-4-8-18)23(30)26-25-22(29)17-6-5-13-24-15-17/h2-15H,1H3,(H,25,29)(H,26,30). The van der Waals surface area contributed by atoms with E-state index in [1.165, 1.54) is 6.20 Å². The Morgan fingerprint density at radius 2 is 1.65 bits per heavy atom. The molecule has 0 aliphatic rings. The molecule has 0 unspecified atom stereocenters. The summed E-state index contributed by atoms with van der Waals surface area (Å²) in [6.07, 6.45) is 2.97. The van der Waals surface area contributed by atoms with Gasteiger partial charge in [-0.25, -0.2) is 4.68 Å². The fourth-order valence-corrected chi connectivity index (χ4v) is 2.97. The number of nitrogens with zero attached hydrogens (tertiary/aromatic N) is 3. The summed E-state index contributed by atoms with van der Waals surface area (Å²) < 4.78 is 6.90. The maximum atomic E-state index is 12.7. The number of rotatable bonds is 5. The molecule has 0 saturated carbocycles. The maximum absolute atomic E-state index is 12.7. The molecule has 0 fully saturated rings. The first kappa shape index (κ1) is 19.8. The number of ether oxygens (including phenoxy) is 1. The molecule has 0 saturated heterocycles. The summed E-state index contributed by atoms with van der Waals surface area (Å²) in [5.74, 6) is -0.286. The lowest BCUT2D eigenvalue weighted by molar-refractivity contribution is 0.0843. The largest absolute Gasteiger partial charge is 0.497 e. The Labute approximate surface area is 178 Å². The van der Waals surface area contributed by atoms with Crippen molar-refractivity contribution in [1.82, 2.24) is 25.6 Å². The topological polar surface area (TPSA) is 98.1 Å². The van der Waals surface area contributed by atoms with Crippen LogP contribution >= 0.6 is 0 Å². The van der Waals surface area contributed by atoms with Crippen molar-refractivity contribution in [2.24, 2.45) is 0 Å². The van der Waals surface area contributed by atoms with Gasteiger partial charge < -0.3 is 4.74 Å². The van der Waals surface area contributed by atoms with Gasteiger partial charge in [0.05, 0.1) is 24.1 Å². The Balaban J connectivity index is 1.61. The quantitative estimate of drug-likeness (QED) is 0.490. The molecular weight excluding hydrogens is 394 g/mol. The predicted octanol–water partition coefficient (Wildman–Crippen LogP) is 3.02. The third-order valence-corrected chi connectivity index (χ3v) is 4.54. The van der Waals surface area contributed by atoms with Crippen LogP contribution in [0.25, 0.3) is 16.9 Å². The van der Waals surface area contributed by atoms with Crippen LogP contribution < -0.4 is 15.6 Å². The first-order valence-electron chi connectivity index (χ1n) is 9.46. The van der Waals surface area contributed by atoms with Crippen molar-refractivity contribution in [2.45, 2.75) is 0 Å². The summed E-state index contributed by atoms with van der Waals surface area (Å²) in [4.78, 5) is 28.7. The number of hydrazine groups is 1. The van der Waals surface area contributed by atoms with Crippen molar-refractivity contribution < 1.29 is 14.3 Å². The van der Waals surface area contributed by atoms with E-state index in [0.29, 0.717) is 5.56 Å². The number of hydrogen-bond acceptors (Lipinski definition) is 5. The van der Waals surface area contributed by atoms with E-state index in [1.54, 1.807) is 36.2 Å². The highest BCUT2D eigenvalue weighted by atomic mass is 16.5. The molecule has 0 radical (unpaired) electrons. The highest BCUT2D eigenvalue weighted by molar-refractivity contribution is 5.98. The molecule has 31 heavy (non-hydrogen) atoms. The van der Waals surface area contributed by atoms with Crippen LogP contribution in [0.4, 0.5) is 0 Å². The van der Waals surface area contributed by atoms with Gasteiger partial charge in [-0.2, -0.15) is 5.10 Å². The van der Waals surface area contributed by atoms with E-state index in [0.717, 1.165) is 22.7 Å². The van der Waals surface area contributed by atoms with Gasteiger partial charge in [-0.3, -0.25) is 25.4 Å². The summed E-state index contributed by atoms with van der Waals surface area (Å²) >= 11 is 0. The third kappa shape index (κ3) is 4.43. The second kappa shape index (κ2) is 8.91. The number of amides is 2. The van der Waals surface area contributed by atoms with Crippen LogP contribution in [0.15, 0.2) is 85.2 Å². The van der Waals surface area contributed by atoms with E-state index in [2.05, 4.69) is 20.9 Å². The molecule has 2 aromatic carbocycles. The Hall–Kier alpha value is -4.46. The number of carbonyl (C=O) groups excluding carboxylic acids is 2. The molecule has 0 atom stereocenters. The molecular formula is C23H19N5O3. The van der Waals surface area contributed by atoms with Crippen LogP contribution in [-0.4, -0.2) is 33.7 Å². The van der Waals surface area contributed by atoms with Gasteiger partial charge in [0.1, 0.15) is 5.75 Å². The molecule has 4 rings (SSSR count). The van der Waals surface area contributed by atoms with Crippen molar-refractivity contribution in [3.8, 4) is 22.7 Å². The zero-order valence-electron chi connectivity index (χ0n) is 16.6. The van der Waals surface area contributed by atoms with Crippen molar-refractivity contribution in [3.05, 3.63) is 96.4 Å². The molecule has 154 valence electrons. The number of pyridine rings is 1. The summed E-state index contributed by atoms with van der Waals surface area (Å²) in [5, 5.41) is 4.46. The Bertz CT molecular complexity index is 1190. The Morgan fingerprint density at radius 1 is 0.903 bits per heavy atom. The molecule has 2 N–H and O–H groups in total. The van der Waals surface area contributed by atoms with Gasteiger partial charge in [0.25, 0.3) is 11.8 Å². The van der Waals surface area contributed by atoms with Crippen LogP contribution in [0.5, 0.6) is 5.75 Å². The van der Waals surface area contributed by atoms with E-state index < -0.39 is 11.8 Å². The number of para-hydroxylation sites is 1. The van der Waals surface area contributed by atoms with Gasteiger partial charge in [0, 0.05) is 18.0 Å². The minimum absolute atomic E-state index is 0.154. The van der Waals surface area contributed by atoms with Crippen LogP contribution in [0, 0.1) is 0 Å². The molecule has 2 amide bonds. The number of benzene rings is 2. The van der Waals surface area contributed by atoms with E-state index in [1.807, 2.05) is 54.6 Å². The minimum atomic E-state index is -0.540. The number of hydrogen-bond donors (Lipinski definition) is 2. The van der Waals surface area contributed by atoms with Gasteiger partial charge in [0.2, 0.25) is 0 Å². The number of carbonyl (C=O) groups is 2. The van der Waals surface area contributed by atoms with Crippen molar-refractivity contribution >= 4 is 11.8 Å². The lowest BCUT2D eigenvalue weighted by Crippen LogP contribution is -2.41.